The summed E-state index contributed by atoms with van der Waals surface area (Å²) in [5, 5.41) is 9.99. The average molecular weight is 301 g/mol. The lowest BCUT2D eigenvalue weighted by atomic mass is 10.2. The highest BCUT2D eigenvalue weighted by Crippen LogP contribution is 2.31. The third-order valence-electron chi connectivity index (χ3n) is 2.33. The molecule has 2 heterocycles. The second-order valence-corrected chi connectivity index (χ2v) is 5.29. The Morgan fingerprint density at radius 3 is 3.06 bits per heavy atom. The summed E-state index contributed by atoms with van der Waals surface area (Å²) in [4.78, 5) is 1.11. The molecular weight excluding hydrogens is 288 g/mol. The molecule has 1 atom stereocenters. The van der Waals surface area contributed by atoms with Gasteiger partial charge in [0.2, 0.25) is 0 Å². The van der Waals surface area contributed by atoms with Crippen LogP contribution in [0.4, 0.5) is 0 Å². The fourth-order valence-corrected chi connectivity index (χ4v) is 3.19. The van der Waals surface area contributed by atoms with Gasteiger partial charge in [-0.25, -0.2) is 4.68 Å². The van der Waals surface area contributed by atoms with Crippen LogP contribution in [-0.2, 0) is 6.54 Å². The SMILES string of the molecule is CCCn1nncc1C(N)c1sccc1Br. The molecule has 0 aliphatic rings. The van der Waals surface area contributed by atoms with Crippen LogP contribution in [0.15, 0.2) is 22.1 Å². The monoisotopic (exact) mass is 300 g/mol. The van der Waals surface area contributed by atoms with E-state index in [0.29, 0.717) is 0 Å². The quantitative estimate of drug-likeness (QED) is 0.944. The highest BCUT2D eigenvalue weighted by Gasteiger charge is 2.18. The van der Waals surface area contributed by atoms with Gasteiger partial charge in [-0.3, -0.25) is 0 Å². The second kappa shape index (κ2) is 5.07. The van der Waals surface area contributed by atoms with Gasteiger partial charge in [-0.15, -0.1) is 16.4 Å². The van der Waals surface area contributed by atoms with E-state index in [-0.39, 0.29) is 6.04 Å². The predicted octanol–water partition coefficient (Wildman–Crippen LogP) is 2.56. The van der Waals surface area contributed by atoms with Crippen LogP contribution in [0.5, 0.6) is 0 Å². The normalized spacial score (nSPS) is 12.9. The highest BCUT2D eigenvalue weighted by atomic mass is 79.9. The van der Waals surface area contributed by atoms with Crippen molar-refractivity contribution in [3.63, 3.8) is 0 Å². The Labute approximate surface area is 107 Å². The van der Waals surface area contributed by atoms with Gasteiger partial charge in [0.1, 0.15) is 0 Å². The van der Waals surface area contributed by atoms with Crippen molar-refractivity contribution in [3.05, 3.63) is 32.7 Å². The van der Waals surface area contributed by atoms with Gasteiger partial charge in [-0.2, -0.15) is 0 Å². The molecule has 16 heavy (non-hydrogen) atoms. The predicted molar refractivity (Wildman–Crippen MR) is 68.4 cm³/mol. The first-order chi connectivity index (χ1) is 7.74. The Kier molecular flexibility index (Phi) is 3.73. The first-order valence-electron chi connectivity index (χ1n) is 5.11. The molecule has 0 spiro atoms. The van der Waals surface area contributed by atoms with E-state index in [9.17, 15) is 0 Å². The van der Waals surface area contributed by atoms with Gasteiger partial charge in [0, 0.05) is 15.9 Å². The number of aromatic nitrogens is 3. The molecule has 0 bridgehead atoms. The smallest absolute Gasteiger partial charge is 0.0844 e. The van der Waals surface area contributed by atoms with E-state index in [1.807, 2.05) is 16.1 Å². The lowest BCUT2D eigenvalue weighted by Gasteiger charge is -2.11. The fraction of sp³-hybridized carbons (Fsp3) is 0.400. The largest absolute Gasteiger partial charge is 0.318 e. The zero-order chi connectivity index (χ0) is 11.5. The number of aryl methyl sites for hydroxylation is 1. The van der Waals surface area contributed by atoms with Crippen LogP contribution in [0, 0.1) is 0 Å². The topological polar surface area (TPSA) is 56.7 Å². The number of nitrogens with two attached hydrogens (primary N) is 1. The van der Waals surface area contributed by atoms with Crippen LogP contribution in [0.1, 0.15) is 30.0 Å². The van der Waals surface area contributed by atoms with Crippen molar-refractivity contribution in [2.75, 3.05) is 0 Å². The Hall–Kier alpha value is -0.720. The minimum absolute atomic E-state index is 0.157. The summed E-state index contributed by atoms with van der Waals surface area (Å²) in [5.41, 5.74) is 7.18. The minimum Gasteiger partial charge on any atom is -0.318 e. The van der Waals surface area contributed by atoms with Crippen LogP contribution in [-0.4, -0.2) is 15.0 Å². The van der Waals surface area contributed by atoms with E-state index >= 15 is 0 Å². The molecular formula is C10H13BrN4S. The molecule has 4 nitrogen and oxygen atoms in total. The number of halogens is 1. The van der Waals surface area contributed by atoms with Crippen LogP contribution in [0.25, 0.3) is 0 Å². The molecule has 0 fully saturated rings. The van der Waals surface area contributed by atoms with E-state index in [0.717, 1.165) is 28.0 Å². The van der Waals surface area contributed by atoms with Crippen LogP contribution in [0.3, 0.4) is 0 Å². The number of rotatable bonds is 4. The van der Waals surface area contributed by atoms with Gasteiger partial charge < -0.3 is 5.73 Å². The van der Waals surface area contributed by atoms with Gasteiger partial charge in [0.05, 0.1) is 17.9 Å². The summed E-state index contributed by atoms with van der Waals surface area (Å²) in [7, 11) is 0. The van der Waals surface area contributed by atoms with Crippen molar-refractivity contribution < 1.29 is 0 Å². The van der Waals surface area contributed by atoms with Crippen molar-refractivity contribution >= 4 is 27.3 Å². The number of nitrogens with zero attached hydrogens (tertiary/aromatic N) is 3. The van der Waals surface area contributed by atoms with Crippen molar-refractivity contribution in [3.8, 4) is 0 Å². The molecule has 0 amide bonds. The number of thiophene rings is 1. The number of hydrogen-bond acceptors (Lipinski definition) is 4. The molecule has 0 aliphatic carbocycles. The van der Waals surface area contributed by atoms with Gasteiger partial charge in [-0.05, 0) is 33.8 Å². The zero-order valence-corrected chi connectivity index (χ0v) is 11.3. The van der Waals surface area contributed by atoms with Crippen LogP contribution in [0.2, 0.25) is 0 Å². The Balaban J connectivity index is 2.30. The molecule has 0 radical (unpaired) electrons. The maximum absolute atomic E-state index is 6.22. The van der Waals surface area contributed by atoms with E-state index in [2.05, 4.69) is 33.2 Å². The van der Waals surface area contributed by atoms with Gasteiger partial charge in [-0.1, -0.05) is 12.1 Å². The summed E-state index contributed by atoms with van der Waals surface area (Å²) >= 11 is 5.14. The first-order valence-corrected chi connectivity index (χ1v) is 6.78. The fourth-order valence-electron chi connectivity index (χ4n) is 1.55. The summed E-state index contributed by atoms with van der Waals surface area (Å²) in [6.07, 6.45) is 2.77. The highest BCUT2D eigenvalue weighted by molar-refractivity contribution is 9.10. The molecule has 2 aromatic rings. The molecule has 2 rings (SSSR count). The summed E-state index contributed by atoms with van der Waals surface area (Å²) in [6.45, 7) is 2.96. The van der Waals surface area contributed by atoms with E-state index in [1.165, 1.54) is 0 Å². The Morgan fingerprint density at radius 2 is 2.44 bits per heavy atom. The third kappa shape index (κ3) is 2.18. The van der Waals surface area contributed by atoms with Crippen molar-refractivity contribution in [1.82, 2.24) is 15.0 Å². The molecule has 0 aromatic carbocycles. The Morgan fingerprint density at radius 1 is 1.62 bits per heavy atom. The summed E-state index contributed by atoms with van der Waals surface area (Å²) in [6, 6.07) is 1.85. The summed E-state index contributed by atoms with van der Waals surface area (Å²) in [5.74, 6) is 0. The van der Waals surface area contributed by atoms with Crippen molar-refractivity contribution in [1.29, 1.82) is 0 Å². The zero-order valence-electron chi connectivity index (χ0n) is 8.93. The van der Waals surface area contributed by atoms with E-state index in [4.69, 9.17) is 5.73 Å². The van der Waals surface area contributed by atoms with Crippen LogP contribution >= 0.6 is 27.3 Å². The minimum atomic E-state index is -0.157. The van der Waals surface area contributed by atoms with E-state index < -0.39 is 0 Å². The lowest BCUT2D eigenvalue weighted by Crippen LogP contribution is -2.16. The average Bonchev–Trinajstić information content (AvgIpc) is 2.87. The van der Waals surface area contributed by atoms with E-state index in [1.54, 1.807) is 17.5 Å². The van der Waals surface area contributed by atoms with Crippen LogP contribution < -0.4 is 5.73 Å². The Bertz CT molecular complexity index is 465. The lowest BCUT2D eigenvalue weighted by molar-refractivity contribution is 0.544. The van der Waals surface area contributed by atoms with Crippen molar-refractivity contribution in [2.24, 2.45) is 5.73 Å². The van der Waals surface area contributed by atoms with Gasteiger partial charge in [0.25, 0.3) is 0 Å². The molecule has 2 N–H and O–H groups in total. The molecule has 2 aromatic heterocycles. The first kappa shape index (κ1) is 11.8. The molecule has 6 heteroatoms. The molecule has 0 saturated carbocycles. The third-order valence-corrected chi connectivity index (χ3v) is 4.28. The molecule has 0 saturated heterocycles. The molecule has 86 valence electrons. The van der Waals surface area contributed by atoms with Crippen molar-refractivity contribution in [2.45, 2.75) is 25.9 Å². The van der Waals surface area contributed by atoms with Gasteiger partial charge >= 0.3 is 0 Å². The maximum atomic E-state index is 6.22. The molecule has 1 unspecified atom stereocenters. The second-order valence-electron chi connectivity index (χ2n) is 3.49. The number of hydrogen-bond donors (Lipinski definition) is 1. The standard InChI is InChI=1S/C10H13BrN4S/c1-2-4-15-8(6-13-14-15)9(12)10-7(11)3-5-16-10/h3,5-6,9H,2,4,12H2,1H3. The maximum Gasteiger partial charge on any atom is 0.0844 e. The molecule has 0 aliphatic heterocycles. The summed E-state index contributed by atoms with van der Waals surface area (Å²) < 4.78 is 2.92. The van der Waals surface area contributed by atoms with Gasteiger partial charge in [0.15, 0.2) is 0 Å².